The molecule has 19 heavy (non-hydrogen) atoms. The quantitative estimate of drug-likeness (QED) is 0.896. The van der Waals surface area contributed by atoms with Crippen LogP contribution in [0.5, 0.6) is 0 Å². The molecule has 0 fully saturated rings. The number of rotatable bonds is 5. The van der Waals surface area contributed by atoms with E-state index < -0.39 is 6.10 Å². The minimum Gasteiger partial charge on any atom is -0.387 e. The summed E-state index contributed by atoms with van der Waals surface area (Å²) in [5.74, 6) is -0.316. The number of benzene rings is 1. The maximum atomic E-state index is 13.5. The van der Waals surface area contributed by atoms with E-state index >= 15 is 0 Å². The number of aromatic nitrogens is 1. The number of aliphatic hydroxyl groups excluding tert-OH is 1. The summed E-state index contributed by atoms with van der Waals surface area (Å²) in [6.45, 7) is 0.893. The van der Waals surface area contributed by atoms with Crippen LogP contribution in [0.25, 0.3) is 0 Å². The third-order valence-electron chi connectivity index (χ3n) is 2.97. The molecule has 0 saturated heterocycles. The van der Waals surface area contributed by atoms with Gasteiger partial charge in [-0.15, -0.1) is 0 Å². The molecule has 2 rings (SSSR count). The van der Waals surface area contributed by atoms with Crippen LogP contribution in [-0.4, -0.2) is 28.6 Å². The number of aliphatic hydroxyl groups is 1. The summed E-state index contributed by atoms with van der Waals surface area (Å²) < 4.78 is 13.5. The molecule has 1 heterocycles. The van der Waals surface area contributed by atoms with E-state index in [9.17, 15) is 9.50 Å². The van der Waals surface area contributed by atoms with Gasteiger partial charge in [0, 0.05) is 24.8 Å². The molecule has 0 radical (unpaired) electrons. The van der Waals surface area contributed by atoms with Gasteiger partial charge in [-0.2, -0.15) is 0 Å². The lowest BCUT2D eigenvalue weighted by atomic mass is 10.1. The summed E-state index contributed by atoms with van der Waals surface area (Å²) in [7, 11) is 1.85. The summed E-state index contributed by atoms with van der Waals surface area (Å²) in [4.78, 5) is 5.60. The Balaban J connectivity index is 1.95. The lowest BCUT2D eigenvalue weighted by Gasteiger charge is -2.21. The Morgan fingerprint density at radius 2 is 2.00 bits per heavy atom. The Bertz CT molecular complexity index is 519. The van der Waals surface area contributed by atoms with Gasteiger partial charge in [0.2, 0.25) is 0 Å². The van der Waals surface area contributed by atoms with Crippen LogP contribution in [0.2, 0.25) is 0 Å². The second-order valence-corrected chi connectivity index (χ2v) is 4.59. The normalized spacial score (nSPS) is 12.6. The maximum absolute atomic E-state index is 13.5. The summed E-state index contributed by atoms with van der Waals surface area (Å²) in [5.41, 5.74) is 1.45. The molecule has 0 aliphatic rings. The molecule has 0 spiro atoms. The number of pyridine rings is 1. The minimum atomic E-state index is -0.573. The van der Waals surface area contributed by atoms with Crippen molar-refractivity contribution in [1.82, 2.24) is 9.88 Å². The third kappa shape index (κ3) is 3.84. The van der Waals surface area contributed by atoms with Gasteiger partial charge in [0.05, 0.1) is 12.3 Å². The zero-order valence-corrected chi connectivity index (χ0v) is 10.8. The lowest BCUT2D eigenvalue weighted by molar-refractivity contribution is 0.123. The number of hydrogen-bond donors (Lipinski definition) is 1. The van der Waals surface area contributed by atoms with Gasteiger partial charge < -0.3 is 5.11 Å². The van der Waals surface area contributed by atoms with Crippen molar-refractivity contribution in [2.45, 2.75) is 12.6 Å². The smallest absolute Gasteiger partial charge is 0.145 e. The standard InChI is InChI=1S/C15H17FN2O/c1-18(10-13-7-8-17-9-14(13)16)11-15(19)12-5-3-2-4-6-12/h2-9,15,19H,10-11H2,1H3. The average Bonchev–Trinajstić information content (AvgIpc) is 2.42. The molecule has 1 atom stereocenters. The van der Waals surface area contributed by atoms with Gasteiger partial charge in [-0.05, 0) is 18.7 Å². The Labute approximate surface area is 112 Å². The number of halogens is 1. The van der Waals surface area contributed by atoms with Crippen LogP contribution >= 0.6 is 0 Å². The van der Waals surface area contributed by atoms with Gasteiger partial charge in [-0.1, -0.05) is 30.3 Å². The van der Waals surface area contributed by atoms with Crippen LogP contribution in [0, 0.1) is 5.82 Å². The first-order valence-corrected chi connectivity index (χ1v) is 6.17. The maximum Gasteiger partial charge on any atom is 0.145 e. The monoisotopic (exact) mass is 260 g/mol. The Morgan fingerprint density at radius 3 is 2.68 bits per heavy atom. The molecule has 1 aromatic heterocycles. The molecule has 3 nitrogen and oxygen atoms in total. The summed E-state index contributed by atoms with van der Waals surface area (Å²) >= 11 is 0. The fourth-order valence-corrected chi connectivity index (χ4v) is 1.96. The topological polar surface area (TPSA) is 36.4 Å². The first-order chi connectivity index (χ1) is 9.16. The van der Waals surface area contributed by atoms with Crippen LogP contribution in [0.3, 0.4) is 0 Å². The molecule has 0 aliphatic carbocycles. The second-order valence-electron chi connectivity index (χ2n) is 4.59. The molecule has 0 saturated carbocycles. The molecule has 4 heteroatoms. The Morgan fingerprint density at radius 1 is 1.26 bits per heavy atom. The highest BCUT2D eigenvalue weighted by Gasteiger charge is 2.12. The molecule has 0 aliphatic heterocycles. The second kappa shape index (κ2) is 6.41. The van der Waals surface area contributed by atoms with E-state index in [2.05, 4.69) is 4.98 Å². The van der Waals surface area contributed by atoms with Crippen LogP contribution in [0.1, 0.15) is 17.2 Å². The van der Waals surface area contributed by atoms with Crippen molar-refractivity contribution in [2.75, 3.05) is 13.6 Å². The van der Waals surface area contributed by atoms with E-state index in [1.54, 1.807) is 12.3 Å². The molecule has 2 aromatic rings. The van der Waals surface area contributed by atoms with Crippen molar-refractivity contribution in [3.05, 3.63) is 65.7 Å². The summed E-state index contributed by atoms with van der Waals surface area (Å²) in [6, 6.07) is 11.1. The van der Waals surface area contributed by atoms with Gasteiger partial charge in [-0.3, -0.25) is 9.88 Å². The van der Waals surface area contributed by atoms with Crippen molar-refractivity contribution < 1.29 is 9.50 Å². The minimum absolute atomic E-state index is 0.316. The molecule has 0 bridgehead atoms. The molecule has 1 N–H and O–H groups in total. The van der Waals surface area contributed by atoms with Crippen molar-refractivity contribution >= 4 is 0 Å². The van der Waals surface area contributed by atoms with Crippen LogP contribution in [0.4, 0.5) is 4.39 Å². The van der Waals surface area contributed by atoms with Crippen molar-refractivity contribution in [3.8, 4) is 0 Å². The number of nitrogens with zero attached hydrogens (tertiary/aromatic N) is 2. The zero-order chi connectivity index (χ0) is 13.7. The van der Waals surface area contributed by atoms with E-state index in [1.165, 1.54) is 6.20 Å². The predicted molar refractivity (Wildman–Crippen MR) is 71.9 cm³/mol. The first kappa shape index (κ1) is 13.6. The van der Waals surface area contributed by atoms with Crippen LogP contribution in [0.15, 0.2) is 48.8 Å². The van der Waals surface area contributed by atoms with Crippen molar-refractivity contribution in [3.63, 3.8) is 0 Å². The van der Waals surface area contributed by atoms with Crippen molar-refractivity contribution in [2.24, 2.45) is 0 Å². The highest BCUT2D eigenvalue weighted by Crippen LogP contribution is 2.15. The van der Waals surface area contributed by atoms with Gasteiger partial charge in [0.15, 0.2) is 0 Å². The van der Waals surface area contributed by atoms with Gasteiger partial charge in [0.1, 0.15) is 5.82 Å². The highest BCUT2D eigenvalue weighted by molar-refractivity contribution is 5.18. The fourth-order valence-electron chi connectivity index (χ4n) is 1.96. The van der Waals surface area contributed by atoms with E-state index in [0.29, 0.717) is 18.7 Å². The first-order valence-electron chi connectivity index (χ1n) is 6.17. The summed E-state index contributed by atoms with van der Waals surface area (Å²) in [6.07, 6.45) is 2.20. The van der Waals surface area contributed by atoms with E-state index in [0.717, 1.165) is 5.56 Å². The molecule has 100 valence electrons. The van der Waals surface area contributed by atoms with Gasteiger partial charge >= 0.3 is 0 Å². The van der Waals surface area contributed by atoms with E-state index in [4.69, 9.17) is 0 Å². The molecular formula is C15H17FN2O. The number of likely N-dealkylation sites (N-methyl/N-ethyl adjacent to an activating group) is 1. The molecule has 1 aromatic carbocycles. The lowest BCUT2D eigenvalue weighted by Crippen LogP contribution is -2.24. The summed E-state index contributed by atoms with van der Waals surface area (Å²) in [5, 5.41) is 10.1. The zero-order valence-electron chi connectivity index (χ0n) is 10.8. The van der Waals surface area contributed by atoms with Crippen LogP contribution in [-0.2, 0) is 6.54 Å². The van der Waals surface area contributed by atoms with Crippen LogP contribution < -0.4 is 0 Å². The SMILES string of the molecule is CN(Cc1ccncc1F)CC(O)c1ccccc1. The fraction of sp³-hybridized carbons (Fsp3) is 0.267. The number of hydrogen-bond acceptors (Lipinski definition) is 3. The molecular weight excluding hydrogens is 243 g/mol. The average molecular weight is 260 g/mol. The molecule has 1 unspecified atom stereocenters. The van der Waals surface area contributed by atoms with E-state index in [1.807, 2.05) is 42.3 Å². The molecule has 0 amide bonds. The Kier molecular flexibility index (Phi) is 4.60. The highest BCUT2D eigenvalue weighted by atomic mass is 19.1. The predicted octanol–water partition coefficient (Wildman–Crippen LogP) is 2.39. The largest absolute Gasteiger partial charge is 0.387 e. The Hall–Kier alpha value is -1.78. The third-order valence-corrected chi connectivity index (χ3v) is 2.97. The van der Waals surface area contributed by atoms with Gasteiger partial charge in [-0.25, -0.2) is 4.39 Å². The van der Waals surface area contributed by atoms with Gasteiger partial charge in [0.25, 0.3) is 0 Å². The van der Waals surface area contributed by atoms with Crippen molar-refractivity contribution in [1.29, 1.82) is 0 Å². The van der Waals surface area contributed by atoms with E-state index in [-0.39, 0.29) is 5.82 Å².